The number of aryl methyl sites for hydroxylation is 1. The fourth-order valence-corrected chi connectivity index (χ4v) is 2.21. The Hall–Kier alpha value is -0.790. The molecule has 1 saturated carbocycles. The van der Waals surface area contributed by atoms with Gasteiger partial charge in [0.15, 0.2) is 0 Å². The van der Waals surface area contributed by atoms with E-state index in [4.69, 9.17) is 4.52 Å². The van der Waals surface area contributed by atoms with Gasteiger partial charge in [-0.3, -0.25) is 0 Å². The smallest absolute Gasteiger partial charge is 0.127 e. The predicted molar refractivity (Wildman–Crippen MR) is 65.5 cm³/mol. The zero-order valence-electron chi connectivity index (χ0n) is 10.8. The summed E-state index contributed by atoms with van der Waals surface area (Å²) in [6.07, 6.45) is 9.97. The summed E-state index contributed by atoms with van der Waals surface area (Å²) >= 11 is 0. The lowest BCUT2D eigenvalue weighted by Crippen LogP contribution is -2.14. The van der Waals surface area contributed by atoms with Crippen LogP contribution in [0.4, 0.5) is 0 Å². The van der Waals surface area contributed by atoms with Gasteiger partial charge in [-0.15, -0.1) is 0 Å². The molecule has 0 saturated heterocycles. The monoisotopic (exact) mass is 221 g/mol. The average molecular weight is 221 g/mol. The van der Waals surface area contributed by atoms with Crippen molar-refractivity contribution >= 4 is 0 Å². The average Bonchev–Trinajstić information content (AvgIpc) is 2.88. The topological polar surface area (TPSA) is 26.0 Å². The van der Waals surface area contributed by atoms with E-state index in [1.165, 1.54) is 37.7 Å². The number of nitrogens with zero attached hydrogens (tertiary/aromatic N) is 1. The van der Waals surface area contributed by atoms with Crippen molar-refractivity contribution in [2.24, 2.45) is 5.92 Å². The number of unbranched alkanes of at least 4 members (excludes halogenated alkanes) is 1. The minimum atomic E-state index is 0.110. The molecule has 1 aromatic rings. The van der Waals surface area contributed by atoms with E-state index in [1.54, 1.807) is 0 Å². The van der Waals surface area contributed by atoms with Gasteiger partial charge in [-0.1, -0.05) is 51.6 Å². The molecule has 90 valence electrons. The molecule has 16 heavy (non-hydrogen) atoms. The van der Waals surface area contributed by atoms with Crippen molar-refractivity contribution in [3.05, 3.63) is 17.5 Å². The molecule has 0 N–H and O–H groups in total. The minimum absolute atomic E-state index is 0.110. The molecular weight excluding hydrogens is 198 g/mol. The van der Waals surface area contributed by atoms with Gasteiger partial charge < -0.3 is 4.52 Å². The number of rotatable bonds is 5. The Bertz CT molecular complexity index is 331. The van der Waals surface area contributed by atoms with Crippen LogP contribution in [0, 0.1) is 5.92 Å². The molecule has 0 radical (unpaired) electrons. The van der Waals surface area contributed by atoms with E-state index in [1.807, 2.05) is 6.26 Å². The Morgan fingerprint density at radius 3 is 2.69 bits per heavy atom. The van der Waals surface area contributed by atoms with Crippen LogP contribution in [0.1, 0.15) is 64.1 Å². The van der Waals surface area contributed by atoms with E-state index in [0.717, 1.165) is 18.0 Å². The molecule has 0 bridgehead atoms. The first-order valence-electron chi connectivity index (χ1n) is 6.51. The number of hydrogen-bond acceptors (Lipinski definition) is 2. The third-order valence-corrected chi connectivity index (χ3v) is 3.36. The predicted octanol–water partition coefficient (Wildman–Crippen LogP) is 4.09. The van der Waals surface area contributed by atoms with Gasteiger partial charge in [0.1, 0.15) is 6.26 Å². The Kier molecular flexibility index (Phi) is 3.36. The molecule has 0 amide bonds. The van der Waals surface area contributed by atoms with Crippen molar-refractivity contribution in [2.75, 3.05) is 0 Å². The molecule has 0 unspecified atom stereocenters. The van der Waals surface area contributed by atoms with Gasteiger partial charge in [-0.05, 0) is 18.8 Å². The SMILES string of the molecule is CC(C)(C)c1nocc1CCCCC1CC1. The summed E-state index contributed by atoms with van der Waals surface area (Å²) in [5.41, 5.74) is 2.56. The van der Waals surface area contributed by atoms with E-state index in [2.05, 4.69) is 25.9 Å². The van der Waals surface area contributed by atoms with Crippen molar-refractivity contribution < 1.29 is 4.52 Å². The van der Waals surface area contributed by atoms with Crippen molar-refractivity contribution in [1.29, 1.82) is 0 Å². The molecule has 1 aliphatic rings. The molecule has 1 aromatic heterocycles. The zero-order valence-corrected chi connectivity index (χ0v) is 10.8. The van der Waals surface area contributed by atoms with Crippen LogP contribution in [0.2, 0.25) is 0 Å². The molecular formula is C14H23NO. The highest BCUT2D eigenvalue weighted by atomic mass is 16.5. The lowest BCUT2D eigenvalue weighted by molar-refractivity contribution is 0.393. The molecule has 0 aliphatic heterocycles. The highest BCUT2D eigenvalue weighted by Gasteiger charge is 2.23. The van der Waals surface area contributed by atoms with Crippen molar-refractivity contribution in [1.82, 2.24) is 5.16 Å². The molecule has 0 atom stereocenters. The van der Waals surface area contributed by atoms with Gasteiger partial charge >= 0.3 is 0 Å². The Morgan fingerprint density at radius 1 is 1.31 bits per heavy atom. The third-order valence-electron chi connectivity index (χ3n) is 3.36. The normalized spacial score (nSPS) is 16.7. The van der Waals surface area contributed by atoms with Gasteiger partial charge in [-0.2, -0.15) is 0 Å². The van der Waals surface area contributed by atoms with Crippen LogP contribution >= 0.6 is 0 Å². The summed E-state index contributed by atoms with van der Waals surface area (Å²) in [6.45, 7) is 6.58. The maximum absolute atomic E-state index is 5.11. The van der Waals surface area contributed by atoms with Gasteiger partial charge in [0.25, 0.3) is 0 Å². The Morgan fingerprint density at radius 2 is 2.06 bits per heavy atom. The van der Waals surface area contributed by atoms with Crippen molar-refractivity contribution in [2.45, 2.75) is 64.7 Å². The zero-order chi connectivity index (χ0) is 11.6. The molecule has 0 spiro atoms. The highest BCUT2D eigenvalue weighted by Crippen LogP contribution is 2.34. The van der Waals surface area contributed by atoms with Crippen LogP contribution in [0.25, 0.3) is 0 Å². The summed E-state index contributed by atoms with van der Waals surface area (Å²) < 4.78 is 5.11. The second-order valence-corrected chi connectivity index (χ2v) is 6.13. The molecule has 1 fully saturated rings. The summed E-state index contributed by atoms with van der Waals surface area (Å²) in [7, 11) is 0. The van der Waals surface area contributed by atoms with E-state index < -0.39 is 0 Å². The molecule has 1 aliphatic carbocycles. The number of hydrogen-bond donors (Lipinski definition) is 0. The van der Waals surface area contributed by atoms with Gasteiger partial charge in [0.05, 0.1) is 5.69 Å². The van der Waals surface area contributed by atoms with Crippen molar-refractivity contribution in [3.63, 3.8) is 0 Å². The quantitative estimate of drug-likeness (QED) is 0.700. The molecule has 1 heterocycles. The van der Waals surface area contributed by atoms with Crippen LogP contribution in [0.5, 0.6) is 0 Å². The molecule has 2 rings (SSSR count). The fraction of sp³-hybridized carbons (Fsp3) is 0.786. The summed E-state index contributed by atoms with van der Waals surface area (Å²) in [4.78, 5) is 0. The van der Waals surface area contributed by atoms with Crippen LogP contribution < -0.4 is 0 Å². The summed E-state index contributed by atoms with van der Waals surface area (Å²) in [5, 5.41) is 4.14. The van der Waals surface area contributed by atoms with E-state index in [9.17, 15) is 0 Å². The third kappa shape index (κ3) is 3.10. The summed E-state index contributed by atoms with van der Waals surface area (Å²) in [5.74, 6) is 1.06. The van der Waals surface area contributed by atoms with E-state index in [-0.39, 0.29) is 5.41 Å². The van der Waals surface area contributed by atoms with E-state index >= 15 is 0 Å². The summed E-state index contributed by atoms with van der Waals surface area (Å²) in [6, 6.07) is 0. The molecule has 0 aromatic carbocycles. The van der Waals surface area contributed by atoms with Gasteiger partial charge in [0, 0.05) is 11.0 Å². The molecule has 2 nitrogen and oxygen atoms in total. The van der Waals surface area contributed by atoms with Crippen LogP contribution in [0.15, 0.2) is 10.8 Å². The standard InChI is InChI=1S/C14H23NO/c1-14(2,3)13-12(10-16-15-13)7-5-4-6-11-8-9-11/h10-11H,4-9H2,1-3H3. The lowest BCUT2D eigenvalue weighted by Gasteiger charge is -2.16. The maximum Gasteiger partial charge on any atom is 0.127 e. The van der Waals surface area contributed by atoms with Crippen LogP contribution in [-0.4, -0.2) is 5.16 Å². The van der Waals surface area contributed by atoms with E-state index in [0.29, 0.717) is 0 Å². The second kappa shape index (κ2) is 4.60. The van der Waals surface area contributed by atoms with Crippen molar-refractivity contribution in [3.8, 4) is 0 Å². The number of aromatic nitrogens is 1. The first-order chi connectivity index (χ1) is 7.57. The first kappa shape index (κ1) is 11.7. The van der Waals surface area contributed by atoms with Gasteiger partial charge in [-0.25, -0.2) is 0 Å². The first-order valence-corrected chi connectivity index (χ1v) is 6.51. The molecule has 2 heteroatoms. The van der Waals surface area contributed by atoms with Gasteiger partial charge in [0.2, 0.25) is 0 Å². The highest BCUT2D eigenvalue weighted by molar-refractivity contribution is 5.22. The Labute approximate surface area is 98.4 Å². The van der Waals surface area contributed by atoms with Crippen LogP contribution in [-0.2, 0) is 11.8 Å². The van der Waals surface area contributed by atoms with Crippen LogP contribution in [0.3, 0.4) is 0 Å². The lowest BCUT2D eigenvalue weighted by atomic mass is 9.88. The maximum atomic E-state index is 5.11. The second-order valence-electron chi connectivity index (χ2n) is 6.13. The largest absolute Gasteiger partial charge is 0.364 e. The Balaban J connectivity index is 1.81. The fourth-order valence-electron chi connectivity index (χ4n) is 2.21. The minimum Gasteiger partial charge on any atom is -0.364 e.